The fourth-order valence-corrected chi connectivity index (χ4v) is 2.27. The van der Waals surface area contributed by atoms with Crippen molar-refractivity contribution in [2.75, 3.05) is 14.2 Å². The molecule has 0 spiro atoms. The van der Waals surface area contributed by atoms with Crippen LogP contribution in [-0.2, 0) is 23.9 Å². The molecule has 126 valence electrons. The lowest BCUT2D eigenvalue weighted by atomic mass is 9.78. The molecule has 0 aromatic heterocycles. The van der Waals surface area contributed by atoms with Crippen molar-refractivity contribution in [3.05, 3.63) is 12.2 Å². The summed E-state index contributed by atoms with van der Waals surface area (Å²) in [4.78, 5) is 36.1. The van der Waals surface area contributed by atoms with E-state index in [1.807, 2.05) is 33.8 Å². The third-order valence-corrected chi connectivity index (χ3v) is 3.65. The number of carbonyl (C=O) groups is 3. The summed E-state index contributed by atoms with van der Waals surface area (Å²) < 4.78 is 9.39. The molecular formula is C17H28O5. The Labute approximate surface area is 133 Å². The van der Waals surface area contributed by atoms with Gasteiger partial charge >= 0.3 is 11.9 Å². The van der Waals surface area contributed by atoms with Crippen molar-refractivity contribution in [2.45, 2.75) is 41.0 Å². The lowest BCUT2D eigenvalue weighted by Gasteiger charge is -2.26. The van der Waals surface area contributed by atoms with Gasteiger partial charge in [0.15, 0.2) is 11.7 Å². The molecule has 0 aromatic carbocycles. The van der Waals surface area contributed by atoms with Gasteiger partial charge in [0.05, 0.1) is 14.2 Å². The first kappa shape index (κ1) is 20.3. The Kier molecular flexibility index (Phi) is 8.06. The molecule has 0 saturated carbocycles. The molecular weight excluding hydrogens is 284 g/mol. The van der Waals surface area contributed by atoms with Gasteiger partial charge in [0.25, 0.3) is 0 Å². The number of ketones is 1. The molecule has 0 aromatic rings. The van der Waals surface area contributed by atoms with E-state index in [0.717, 1.165) is 0 Å². The molecule has 5 heteroatoms. The van der Waals surface area contributed by atoms with E-state index in [-0.39, 0.29) is 11.2 Å². The Morgan fingerprint density at radius 1 is 1.05 bits per heavy atom. The van der Waals surface area contributed by atoms with Crippen molar-refractivity contribution in [3.63, 3.8) is 0 Å². The van der Waals surface area contributed by atoms with Crippen LogP contribution in [-0.4, -0.2) is 31.9 Å². The van der Waals surface area contributed by atoms with Crippen LogP contribution in [0.15, 0.2) is 12.2 Å². The second-order valence-electron chi connectivity index (χ2n) is 6.49. The molecule has 0 aliphatic carbocycles. The maximum absolute atomic E-state index is 12.3. The normalized spacial score (nSPS) is 14.7. The second-order valence-corrected chi connectivity index (χ2v) is 6.49. The van der Waals surface area contributed by atoms with Crippen LogP contribution >= 0.6 is 0 Å². The highest BCUT2D eigenvalue weighted by molar-refractivity contribution is 5.97. The van der Waals surface area contributed by atoms with Crippen molar-refractivity contribution in [1.82, 2.24) is 0 Å². The first-order valence-corrected chi connectivity index (χ1v) is 7.47. The number of ether oxygens (including phenoxy) is 2. The first-order valence-electron chi connectivity index (χ1n) is 7.47. The van der Waals surface area contributed by atoms with Gasteiger partial charge in [0.1, 0.15) is 0 Å². The number of esters is 2. The average molecular weight is 312 g/mol. The van der Waals surface area contributed by atoms with Crippen LogP contribution in [0.5, 0.6) is 0 Å². The summed E-state index contributed by atoms with van der Waals surface area (Å²) in [5, 5.41) is 0. The highest BCUT2D eigenvalue weighted by atomic mass is 16.5. The number of hydrogen-bond donors (Lipinski definition) is 0. The van der Waals surface area contributed by atoms with Gasteiger partial charge in [-0.25, -0.2) is 0 Å². The van der Waals surface area contributed by atoms with Gasteiger partial charge in [0, 0.05) is 5.92 Å². The Hall–Kier alpha value is -1.65. The summed E-state index contributed by atoms with van der Waals surface area (Å²) in [6, 6.07) is 0. The van der Waals surface area contributed by atoms with Crippen LogP contribution in [0.2, 0.25) is 0 Å². The number of methoxy groups -OCH3 is 2. The predicted octanol–water partition coefficient (Wildman–Crippen LogP) is 2.78. The summed E-state index contributed by atoms with van der Waals surface area (Å²) in [5.74, 6) is -3.47. The zero-order valence-electron chi connectivity index (χ0n) is 14.6. The van der Waals surface area contributed by atoms with E-state index < -0.39 is 29.7 Å². The fourth-order valence-electron chi connectivity index (χ4n) is 2.27. The van der Waals surface area contributed by atoms with Crippen molar-refractivity contribution >= 4 is 17.7 Å². The SMILES string of the molecule is CC[C@@H](C(C(=O)OC)C(=O)OC)[C@@H](C)C(=O)/C=C/C(C)(C)C. The number of allylic oxidation sites excluding steroid dienone is 2. The summed E-state index contributed by atoms with van der Waals surface area (Å²) in [6.45, 7) is 9.53. The van der Waals surface area contributed by atoms with Crippen molar-refractivity contribution in [2.24, 2.45) is 23.2 Å². The van der Waals surface area contributed by atoms with Crippen molar-refractivity contribution in [1.29, 1.82) is 0 Å². The molecule has 0 fully saturated rings. The summed E-state index contributed by atoms with van der Waals surface area (Å²) >= 11 is 0. The molecule has 0 saturated heterocycles. The molecule has 2 atom stereocenters. The minimum Gasteiger partial charge on any atom is -0.468 e. The topological polar surface area (TPSA) is 69.7 Å². The third-order valence-electron chi connectivity index (χ3n) is 3.65. The lowest BCUT2D eigenvalue weighted by Crippen LogP contribution is -2.38. The minimum atomic E-state index is -1.08. The quantitative estimate of drug-likeness (QED) is 0.411. The fraction of sp³-hybridized carbons (Fsp3) is 0.706. The van der Waals surface area contributed by atoms with E-state index in [2.05, 4.69) is 0 Å². The Morgan fingerprint density at radius 2 is 1.50 bits per heavy atom. The van der Waals surface area contributed by atoms with E-state index >= 15 is 0 Å². The highest BCUT2D eigenvalue weighted by Gasteiger charge is 2.40. The van der Waals surface area contributed by atoms with Crippen molar-refractivity contribution < 1.29 is 23.9 Å². The monoisotopic (exact) mass is 312 g/mol. The van der Waals surface area contributed by atoms with E-state index in [1.54, 1.807) is 6.92 Å². The number of hydrogen-bond acceptors (Lipinski definition) is 5. The van der Waals surface area contributed by atoms with E-state index in [9.17, 15) is 14.4 Å². The molecule has 5 nitrogen and oxygen atoms in total. The molecule has 0 rings (SSSR count). The van der Waals surface area contributed by atoms with E-state index in [0.29, 0.717) is 6.42 Å². The molecule has 0 radical (unpaired) electrons. The largest absolute Gasteiger partial charge is 0.468 e. The second kappa shape index (κ2) is 8.71. The molecule has 0 aliphatic heterocycles. The van der Waals surface area contributed by atoms with Crippen LogP contribution in [0.4, 0.5) is 0 Å². The summed E-state index contributed by atoms with van der Waals surface area (Å²) in [5.41, 5.74) is -0.110. The van der Waals surface area contributed by atoms with Gasteiger partial charge in [-0.2, -0.15) is 0 Å². The van der Waals surface area contributed by atoms with Gasteiger partial charge in [-0.3, -0.25) is 14.4 Å². The van der Waals surface area contributed by atoms with Crippen LogP contribution in [0.3, 0.4) is 0 Å². The van der Waals surface area contributed by atoms with Gasteiger partial charge in [-0.15, -0.1) is 0 Å². The van der Waals surface area contributed by atoms with Gasteiger partial charge < -0.3 is 9.47 Å². The van der Waals surface area contributed by atoms with Crippen LogP contribution in [0.1, 0.15) is 41.0 Å². The average Bonchev–Trinajstić information content (AvgIpc) is 2.47. The molecule has 22 heavy (non-hydrogen) atoms. The Morgan fingerprint density at radius 3 is 1.82 bits per heavy atom. The van der Waals surface area contributed by atoms with E-state index in [1.165, 1.54) is 20.3 Å². The van der Waals surface area contributed by atoms with E-state index in [4.69, 9.17) is 9.47 Å². The third kappa shape index (κ3) is 6.00. The highest BCUT2D eigenvalue weighted by Crippen LogP contribution is 2.28. The molecule has 0 unspecified atom stereocenters. The van der Waals surface area contributed by atoms with Gasteiger partial charge in [-0.05, 0) is 17.4 Å². The maximum atomic E-state index is 12.3. The van der Waals surface area contributed by atoms with Crippen LogP contribution < -0.4 is 0 Å². The summed E-state index contributed by atoms with van der Waals surface area (Å²) in [6.07, 6.45) is 3.84. The molecule has 0 amide bonds. The Balaban J connectivity index is 5.35. The molecule has 0 N–H and O–H groups in total. The maximum Gasteiger partial charge on any atom is 0.320 e. The van der Waals surface area contributed by atoms with Gasteiger partial charge in [-0.1, -0.05) is 47.1 Å². The predicted molar refractivity (Wildman–Crippen MR) is 84.1 cm³/mol. The smallest absolute Gasteiger partial charge is 0.320 e. The van der Waals surface area contributed by atoms with Gasteiger partial charge in [0.2, 0.25) is 0 Å². The zero-order chi connectivity index (χ0) is 17.5. The van der Waals surface area contributed by atoms with Crippen LogP contribution in [0.25, 0.3) is 0 Å². The zero-order valence-corrected chi connectivity index (χ0v) is 14.6. The first-order chi connectivity index (χ1) is 10.1. The molecule has 0 heterocycles. The molecule has 0 bridgehead atoms. The molecule has 0 aliphatic rings. The lowest BCUT2D eigenvalue weighted by molar-refractivity contribution is -0.162. The minimum absolute atomic E-state index is 0.110. The standard InChI is InChI=1S/C17H28O5/c1-8-12(14(15(19)21-6)16(20)22-7)11(2)13(18)9-10-17(3,4)5/h9-12,14H,8H2,1-7H3/b10-9+/t11-,12-/m1/s1. The van der Waals surface area contributed by atoms with Crippen molar-refractivity contribution in [3.8, 4) is 0 Å². The summed E-state index contributed by atoms with van der Waals surface area (Å²) in [7, 11) is 2.44. The number of carbonyl (C=O) groups excluding carboxylic acids is 3. The number of rotatable bonds is 7. The van der Waals surface area contributed by atoms with Crippen LogP contribution in [0, 0.1) is 23.2 Å². The Bertz CT molecular complexity index is 415.